The van der Waals surface area contributed by atoms with Crippen molar-refractivity contribution in [1.82, 2.24) is 14.8 Å². The zero-order valence-electron chi connectivity index (χ0n) is 14.2. The molecule has 0 spiro atoms. The van der Waals surface area contributed by atoms with Crippen molar-refractivity contribution in [2.45, 2.75) is 45.8 Å². The molecule has 0 aromatic carbocycles. The third kappa shape index (κ3) is 4.99. The Morgan fingerprint density at radius 2 is 2.22 bits per heavy atom. The number of rotatable bonds is 6. The minimum Gasteiger partial charge on any atom is -0.368 e. The molecular formula is C17H27N3O2S. The molecule has 5 nitrogen and oxygen atoms in total. The van der Waals surface area contributed by atoms with Gasteiger partial charge in [0.15, 0.2) is 0 Å². The highest BCUT2D eigenvalue weighted by molar-refractivity contribution is 7.09. The van der Waals surface area contributed by atoms with Crippen LogP contribution in [0.3, 0.4) is 0 Å². The van der Waals surface area contributed by atoms with Crippen molar-refractivity contribution in [3.8, 4) is 0 Å². The van der Waals surface area contributed by atoms with E-state index in [9.17, 15) is 4.79 Å². The number of amides is 1. The van der Waals surface area contributed by atoms with Gasteiger partial charge >= 0.3 is 0 Å². The lowest BCUT2D eigenvalue weighted by Crippen LogP contribution is -2.41. The van der Waals surface area contributed by atoms with Crippen molar-refractivity contribution in [2.75, 3.05) is 32.8 Å². The standard InChI is InChI=1S/C17H27N3O2S/c1-13(22-11-15-4-5-15)17(21)20-7-3-6-19(8-9-20)10-16-12-23-14(2)18-16/h12-13,15H,3-11H2,1-2H3/t13-/m1/s1. The van der Waals surface area contributed by atoms with Crippen LogP contribution in [0.2, 0.25) is 0 Å². The van der Waals surface area contributed by atoms with Crippen LogP contribution in [0, 0.1) is 12.8 Å². The Morgan fingerprint density at radius 3 is 2.91 bits per heavy atom. The zero-order valence-corrected chi connectivity index (χ0v) is 15.0. The largest absolute Gasteiger partial charge is 0.368 e. The average Bonchev–Trinajstić information content (AvgIpc) is 3.31. The maximum Gasteiger partial charge on any atom is 0.251 e. The highest BCUT2D eigenvalue weighted by Gasteiger charge is 2.27. The van der Waals surface area contributed by atoms with Crippen molar-refractivity contribution in [3.63, 3.8) is 0 Å². The Hall–Kier alpha value is -0.980. The third-order valence-electron chi connectivity index (χ3n) is 4.58. The normalized spacial score (nSPS) is 21.2. The highest BCUT2D eigenvalue weighted by Crippen LogP contribution is 2.29. The van der Waals surface area contributed by atoms with E-state index in [0.717, 1.165) is 56.5 Å². The first kappa shape index (κ1) is 16.9. The molecule has 0 radical (unpaired) electrons. The number of aryl methyl sites for hydroxylation is 1. The molecule has 1 aliphatic heterocycles. The number of hydrogen-bond donors (Lipinski definition) is 0. The average molecular weight is 337 g/mol. The number of hydrogen-bond acceptors (Lipinski definition) is 5. The lowest BCUT2D eigenvalue weighted by molar-refractivity contribution is -0.142. The Kier molecular flexibility index (Phi) is 5.67. The molecule has 0 unspecified atom stereocenters. The van der Waals surface area contributed by atoms with Crippen LogP contribution in [0.25, 0.3) is 0 Å². The molecule has 3 rings (SSSR count). The highest BCUT2D eigenvalue weighted by atomic mass is 32.1. The van der Waals surface area contributed by atoms with Crippen LogP contribution in [0.1, 0.15) is 36.9 Å². The summed E-state index contributed by atoms with van der Waals surface area (Å²) in [6.45, 7) is 9.14. The van der Waals surface area contributed by atoms with Gasteiger partial charge in [-0.3, -0.25) is 9.69 Å². The van der Waals surface area contributed by atoms with E-state index in [-0.39, 0.29) is 12.0 Å². The first-order chi connectivity index (χ1) is 11.1. The van der Waals surface area contributed by atoms with Gasteiger partial charge in [0.1, 0.15) is 6.10 Å². The molecule has 1 aromatic heterocycles. The van der Waals surface area contributed by atoms with Gasteiger partial charge in [0.25, 0.3) is 5.91 Å². The lowest BCUT2D eigenvalue weighted by Gasteiger charge is -2.24. The minimum atomic E-state index is -0.302. The van der Waals surface area contributed by atoms with Crippen molar-refractivity contribution in [2.24, 2.45) is 5.92 Å². The van der Waals surface area contributed by atoms with E-state index in [2.05, 4.69) is 15.3 Å². The monoisotopic (exact) mass is 337 g/mol. The molecule has 6 heteroatoms. The number of aromatic nitrogens is 1. The molecule has 2 heterocycles. The molecule has 0 N–H and O–H groups in total. The SMILES string of the molecule is Cc1nc(CN2CCCN(C(=O)[C@@H](C)OCC3CC3)CC2)cs1. The van der Waals surface area contributed by atoms with E-state index >= 15 is 0 Å². The summed E-state index contributed by atoms with van der Waals surface area (Å²) in [5.74, 6) is 0.850. The predicted molar refractivity (Wildman–Crippen MR) is 91.5 cm³/mol. The van der Waals surface area contributed by atoms with Crippen LogP contribution in [0.15, 0.2) is 5.38 Å². The molecule has 23 heavy (non-hydrogen) atoms. The summed E-state index contributed by atoms with van der Waals surface area (Å²) in [5.41, 5.74) is 1.15. The van der Waals surface area contributed by atoms with Gasteiger partial charge < -0.3 is 9.64 Å². The Bertz CT molecular complexity index is 530. The van der Waals surface area contributed by atoms with Gasteiger partial charge in [-0.05, 0) is 39.0 Å². The van der Waals surface area contributed by atoms with Crippen LogP contribution in [0.4, 0.5) is 0 Å². The molecule has 128 valence electrons. The van der Waals surface area contributed by atoms with E-state index in [1.54, 1.807) is 11.3 Å². The summed E-state index contributed by atoms with van der Waals surface area (Å²) in [4.78, 5) is 21.4. The summed E-state index contributed by atoms with van der Waals surface area (Å²) in [6, 6.07) is 0. The Balaban J connectivity index is 1.46. The summed E-state index contributed by atoms with van der Waals surface area (Å²) < 4.78 is 5.73. The van der Waals surface area contributed by atoms with E-state index < -0.39 is 0 Å². The fourth-order valence-corrected chi connectivity index (χ4v) is 3.56. The van der Waals surface area contributed by atoms with E-state index in [0.29, 0.717) is 5.92 Å². The zero-order chi connectivity index (χ0) is 16.2. The molecule has 1 aromatic rings. The first-order valence-corrected chi connectivity index (χ1v) is 9.53. The van der Waals surface area contributed by atoms with Gasteiger partial charge in [-0.25, -0.2) is 4.98 Å². The molecule has 2 aliphatic rings. The topological polar surface area (TPSA) is 45.7 Å². The molecule has 2 fully saturated rings. The van der Waals surface area contributed by atoms with Crippen molar-refractivity contribution < 1.29 is 9.53 Å². The van der Waals surface area contributed by atoms with Gasteiger partial charge in [0.2, 0.25) is 0 Å². The maximum absolute atomic E-state index is 12.5. The number of carbonyl (C=O) groups is 1. The summed E-state index contributed by atoms with van der Waals surface area (Å²) >= 11 is 1.70. The summed E-state index contributed by atoms with van der Waals surface area (Å²) in [5, 5.41) is 3.25. The Morgan fingerprint density at radius 1 is 1.39 bits per heavy atom. The van der Waals surface area contributed by atoms with E-state index in [1.807, 2.05) is 18.7 Å². The van der Waals surface area contributed by atoms with Crippen LogP contribution < -0.4 is 0 Å². The second kappa shape index (κ2) is 7.73. The smallest absolute Gasteiger partial charge is 0.251 e. The maximum atomic E-state index is 12.5. The molecule has 1 saturated heterocycles. The van der Waals surface area contributed by atoms with Gasteiger partial charge in [0.05, 0.1) is 17.3 Å². The van der Waals surface area contributed by atoms with E-state index in [4.69, 9.17) is 4.74 Å². The van der Waals surface area contributed by atoms with Gasteiger partial charge in [0, 0.05) is 38.1 Å². The lowest BCUT2D eigenvalue weighted by atomic mass is 10.3. The number of carbonyl (C=O) groups excluding carboxylic acids is 1. The van der Waals surface area contributed by atoms with Crippen LogP contribution in [-0.4, -0.2) is 59.6 Å². The van der Waals surface area contributed by atoms with Crippen LogP contribution >= 0.6 is 11.3 Å². The van der Waals surface area contributed by atoms with Gasteiger partial charge in [-0.2, -0.15) is 0 Å². The summed E-state index contributed by atoms with van der Waals surface area (Å²) in [6.07, 6.45) is 3.23. The second-order valence-electron chi connectivity index (χ2n) is 6.73. The van der Waals surface area contributed by atoms with Crippen LogP contribution in [-0.2, 0) is 16.1 Å². The molecule has 1 aliphatic carbocycles. The molecule has 1 atom stereocenters. The van der Waals surface area contributed by atoms with Crippen molar-refractivity contribution in [3.05, 3.63) is 16.1 Å². The molecule has 0 bridgehead atoms. The van der Waals surface area contributed by atoms with Crippen LogP contribution in [0.5, 0.6) is 0 Å². The summed E-state index contributed by atoms with van der Waals surface area (Å²) in [7, 11) is 0. The molecular weight excluding hydrogens is 310 g/mol. The number of nitrogens with zero attached hydrogens (tertiary/aromatic N) is 3. The number of thiazole rings is 1. The van der Waals surface area contributed by atoms with E-state index in [1.165, 1.54) is 12.8 Å². The number of ether oxygens (including phenoxy) is 1. The third-order valence-corrected chi connectivity index (χ3v) is 5.40. The second-order valence-corrected chi connectivity index (χ2v) is 7.79. The van der Waals surface area contributed by atoms with Crippen molar-refractivity contribution in [1.29, 1.82) is 0 Å². The van der Waals surface area contributed by atoms with Gasteiger partial charge in [-0.15, -0.1) is 11.3 Å². The fourth-order valence-electron chi connectivity index (χ4n) is 2.95. The first-order valence-electron chi connectivity index (χ1n) is 8.65. The fraction of sp³-hybridized carbons (Fsp3) is 0.765. The van der Waals surface area contributed by atoms with Crippen molar-refractivity contribution >= 4 is 17.2 Å². The predicted octanol–water partition coefficient (Wildman–Crippen LogP) is 2.30. The molecule has 1 saturated carbocycles. The Labute approximate surface area is 142 Å². The quantitative estimate of drug-likeness (QED) is 0.799. The van der Waals surface area contributed by atoms with Gasteiger partial charge in [-0.1, -0.05) is 0 Å². The molecule has 1 amide bonds. The minimum absolute atomic E-state index is 0.150.